The van der Waals surface area contributed by atoms with Gasteiger partial charge in [-0.2, -0.15) is 5.26 Å². The maximum Gasteiger partial charge on any atom is 0.100 e. The van der Waals surface area contributed by atoms with E-state index in [0.29, 0.717) is 5.92 Å². The Bertz CT molecular complexity index is 144. The van der Waals surface area contributed by atoms with E-state index in [-0.39, 0.29) is 6.04 Å². The lowest BCUT2D eigenvalue weighted by molar-refractivity contribution is 0.204. The number of nitrogens with zero attached hydrogens (tertiary/aromatic N) is 2. The van der Waals surface area contributed by atoms with Gasteiger partial charge in [-0.25, -0.2) is 0 Å². The third kappa shape index (κ3) is 2.83. The Labute approximate surface area is 76.2 Å². The van der Waals surface area contributed by atoms with Crippen molar-refractivity contribution in [3.63, 3.8) is 0 Å². The fourth-order valence-corrected chi connectivity index (χ4v) is 1.41. The first-order chi connectivity index (χ1) is 5.71. The predicted octanol–water partition coefficient (Wildman–Crippen LogP) is 2.27. The molecule has 0 aromatic heterocycles. The molecule has 0 aliphatic rings. The Kier molecular flexibility index (Phi) is 5.74. The van der Waals surface area contributed by atoms with Crippen LogP contribution in [0.3, 0.4) is 0 Å². The quantitative estimate of drug-likeness (QED) is 0.629. The van der Waals surface area contributed by atoms with E-state index in [1.807, 2.05) is 0 Å². The summed E-state index contributed by atoms with van der Waals surface area (Å²) in [6.45, 7) is 10.4. The van der Waals surface area contributed by atoms with Crippen LogP contribution in [0.5, 0.6) is 0 Å². The van der Waals surface area contributed by atoms with E-state index in [9.17, 15) is 0 Å². The van der Waals surface area contributed by atoms with Gasteiger partial charge in [0.2, 0.25) is 0 Å². The Morgan fingerprint density at radius 3 is 2.00 bits per heavy atom. The topological polar surface area (TPSA) is 27.0 Å². The summed E-state index contributed by atoms with van der Waals surface area (Å²) in [6, 6.07) is 2.48. The van der Waals surface area contributed by atoms with Crippen LogP contribution in [0, 0.1) is 17.2 Å². The average Bonchev–Trinajstić information content (AvgIpc) is 2.12. The van der Waals surface area contributed by atoms with Crippen molar-refractivity contribution in [1.82, 2.24) is 4.90 Å². The van der Waals surface area contributed by atoms with E-state index < -0.39 is 0 Å². The zero-order valence-corrected chi connectivity index (χ0v) is 8.67. The summed E-state index contributed by atoms with van der Waals surface area (Å²) in [4.78, 5) is 2.22. The van der Waals surface area contributed by atoms with Gasteiger partial charge >= 0.3 is 0 Å². The van der Waals surface area contributed by atoms with Crippen LogP contribution >= 0.6 is 0 Å². The first kappa shape index (κ1) is 11.4. The maximum atomic E-state index is 8.97. The summed E-state index contributed by atoms with van der Waals surface area (Å²) in [5, 5.41) is 8.97. The minimum Gasteiger partial charge on any atom is -0.288 e. The molecule has 0 aromatic carbocycles. The monoisotopic (exact) mass is 168 g/mol. The summed E-state index contributed by atoms with van der Waals surface area (Å²) in [5.74, 6) is 0.481. The van der Waals surface area contributed by atoms with Crippen molar-refractivity contribution in [2.24, 2.45) is 5.92 Å². The fraction of sp³-hybridized carbons (Fsp3) is 0.900. The molecule has 0 aromatic rings. The molecule has 2 heteroatoms. The third-order valence-corrected chi connectivity index (χ3v) is 2.52. The average molecular weight is 168 g/mol. The van der Waals surface area contributed by atoms with Crippen LogP contribution in [0.15, 0.2) is 0 Å². The van der Waals surface area contributed by atoms with E-state index >= 15 is 0 Å². The van der Waals surface area contributed by atoms with Gasteiger partial charge in [0, 0.05) is 0 Å². The molecule has 0 rings (SSSR count). The predicted molar refractivity (Wildman–Crippen MR) is 51.8 cm³/mol. The van der Waals surface area contributed by atoms with Gasteiger partial charge in [0.1, 0.15) is 6.04 Å². The molecule has 0 heterocycles. The molecule has 0 N–H and O–H groups in total. The van der Waals surface area contributed by atoms with E-state index in [1.54, 1.807) is 0 Å². The molecule has 2 atom stereocenters. The Morgan fingerprint density at radius 2 is 1.75 bits per heavy atom. The molecule has 2 nitrogen and oxygen atoms in total. The van der Waals surface area contributed by atoms with Gasteiger partial charge in [-0.3, -0.25) is 4.90 Å². The van der Waals surface area contributed by atoms with Crippen molar-refractivity contribution >= 4 is 0 Å². The highest BCUT2D eigenvalue weighted by atomic mass is 15.1. The van der Waals surface area contributed by atoms with Crippen molar-refractivity contribution in [1.29, 1.82) is 5.26 Å². The van der Waals surface area contributed by atoms with Crippen molar-refractivity contribution in [2.45, 2.75) is 40.2 Å². The van der Waals surface area contributed by atoms with Gasteiger partial charge < -0.3 is 0 Å². The van der Waals surface area contributed by atoms with E-state index in [2.05, 4.69) is 38.7 Å². The lowest BCUT2D eigenvalue weighted by Crippen LogP contribution is -2.38. The molecule has 0 saturated heterocycles. The minimum atomic E-state index is 0.102. The number of hydrogen-bond donors (Lipinski definition) is 0. The molecular formula is C10H20N2. The van der Waals surface area contributed by atoms with E-state index in [0.717, 1.165) is 19.5 Å². The van der Waals surface area contributed by atoms with Gasteiger partial charge in [0.25, 0.3) is 0 Å². The molecule has 2 unspecified atom stereocenters. The summed E-state index contributed by atoms with van der Waals surface area (Å²) in [6.07, 6.45) is 1.08. The first-order valence-corrected chi connectivity index (χ1v) is 4.84. The molecule has 0 aliphatic carbocycles. The van der Waals surface area contributed by atoms with Crippen LogP contribution in [0.2, 0.25) is 0 Å². The second kappa shape index (κ2) is 6.02. The SMILES string of the molecule is CCC(C)C(C#N)N(CC)CC. The van der Waals surface area contributed by atoms with Crippen molar-refractivity contribution in [2.75, 3.05) is 13.1 Å². The van der Waals surface area contributed by atoms with Crippen LogP contribution in [-0.4, -0.2) is 24.0 Å². The summed E-state index contributed by atoms with van der Waals surface area (Å²) in [7, 11) is 0. The number of hydrogen-bond acceptors (Lipinski definition) is 2. The molecule has 70 valence electrons. The maximum absolute atomic E-state index is 8.97. The van der Waals surface area contributed by atoms with Gasteiger partial charge in [-0.1, -0.05) is 34.1 Å². The zero-order valence-electron chi connectivity index (χ0n) is 8.67. The summed E-state index contributed by atoms with van der Waals surface area (Å²) < 4.78 is 0. The second-order valence-electron chi connectivity index (χ2n) is 3.18. The highest BCUT2D eigenvalue weighted by molar-refractivity contribution is 4.94. The van der Waals surface area contributed by atoms with Gasteiger partial charge in [-0.15, -0.1) is 0 Å². The van der Waals surface area contributed by atoms with Gasteiger partial charge in [0.15, 0.2) is 0 Å². The van der Waals surface area contributed by atoms with Crippen LogP contribution in [0.25, 0.3) is 0 Å². The lowest BCUT2D eigenvalue weighted by Gasteiger charge is -2.28. The lowest BCUT2D eigenvalue weighted by atomic mass is 9.99. The van der Waals surface area contributed by atoms with Gasteiger partial charge in [-0.05, 0) is 19.0 Å². The Morgan fingerprint density at radius 1 is 1.25 bits per heavy atom. The molecule has 0 spiro atoms. The molecule has 0 radical (unpaired) electrons. The zero-order chi connectivity index (χ0) is 9.56. The Balaban J connectivity index is 4.22. The molecule has 0 bridgehead atoms. The minimum absolute atomic E-state index is 0.102. The van der Waals surface area contributed by atoms with Crippen molar-refractivity contribution in [3.05, 3.63) is 0 Å². The second-order valence-corrected chi connectivity index (χ2v) is 3.18. The first-order valence-electron chi connectivity index (χ1n) is 4.84. The number of rotatable bonds is 5. The van der Waals surface area contributed by atoms with Crippen LogP contribution < -0.4 is 0 Å². The highest BCUT2D eigenvalue weighted by Crippen LogP contribution is 2.13. The largest absolute Gasteiger partial charge is 0.288 e. The fourth-order valence-electron chi connectivity index (χ4n) is 1.41. The number of nitriles is 1. The van der Waals surface area contributed by atoms with Crippen LogP contribution in [0.1, 0.15) is 34.1 Å². The molecule has 0 amide bonds. The molecule has 0 aliphatic heterocycles. The van der Waals surface area contributed by atoms with Crippen LogP contribution in [0.4, 0.5) is 0 Å². The summed E-state index contributed by atoms with van der Waals surface area (Å²) in [5.41, 5.74) is 0. The van der Waals surface area contributed by atoms with Crippen molar-refractivity contribution < 1.29 is 0 Å². The molecule has 0 saturated carbocycles. The van der Waals surface area contributed by atoms with E-state index in [4.69, 9.17) is 5.26 Å². The molecule has 0 fully saturated rings. The normalized spacial score (nSPS) is 15.7. The highest BCUT2D eigenvalue weighted by Gasteiger charge is 2.20. The summed E-state index contributed by atoms with van der Waals surface area (Å²) >= 11 is 0. The van der Waals surface area contributed by atoms with E-state index in [1.165, 1.54) is 0 Å². The van der Waals surface area contributed by atoms with Crippen LogP contribution in [-0.2, 0) is 0 Å². The smallest absolute Gasteiger partial charge is 0.100 e. The third-order valence-electron chi connectivity index (χ3n) is 2.52. The van der Waals surface area contributed by atoms with Gasteiger partial charge in [0.05, 0.1) is 6.07 Å². The Hall–Kier alpha value is -0.550. The molecule has 12 heavy (non-hydrogen) atoms. The van der Waals surface area contributed by atoms with Crippen molar-refractivity contribution in [3.8, 4) is 6.07 Å². The standard InChI is InChI=1S/C10H20N2/c1-5-9(4)10(8-11)12(6-2)7-3/h9-10H,5-7H2,1-4H3. The molecular weight excluding hydrogens is 148 g/mol.